The zero-order valence-electron chi connectivity index (χ0n) is 13.2. The van der Waals surface area contributed by atoms with Gasteiger partial charge in [0.1, 0.15) is 0 Å². The third-order valence-corrected chi connectivity index (χ3v) is 4.18. The lowest BCUT2D eigenvalue weighted by molar-refractivity contribution is 0.398. The summed E-state index contributed by atoms with van der Waals surface area (Å²) in [5.41, 5.74) is 6.91. The van der Waals surface area contributed by atoms with Gasteiger partial charge in [0.15, 0.2) is 5.75 Å². The Bertz CT molecular complexity index is 716. The molecule has 1 atom stereocenters. The summed E-state index contributed by atoms with van der Waals surface area (Å²) < 4.78 is 1.49. The van der Waals surface area contributed by atoms with Crippen molar-refractivity contribution in [2.24, 2.45) is 5.73 Å². The number of aromatic hydroxyl groups is 2. The number of rotatable bonds is 6. The fourth-order valence-electron chi connectivity index (χ4n) is 3.03. The van der Waals surface area contributed by atoms with E-state index in [2.05, 4.69) is 6.92 Å². The van der Waals surface area contributed by atoms with Crippen LogP contribution in [0.5, 0.6) is 11.5 Å². The predicted octanol–water partition coefficient (Wildman–Crippen LogP) is 2.67. The number of pyridine rings is 1. The third-order valence-electron chi connectivity index (χ3n) is 4.18. The Morgan fingerprint density at radius 3 is 2.50 bits per heavy atom. The minimum atomic E-state index is -0.589. The van der Waals surface area contributed by atoms with Crippen LogP contribution in [0.15, 0.2) is 23.0 Å². The van der Waals surface area contributed by atoms with E-state index in [-0.39, 0.29) is 5.75 Å². The number of hydrogen-bond acceptors (Lipinski definition) is 4. The van der Waals surface area contributed by atoms with Crippen LogP contribution in [0, 0.1) is 0 Å². The van der Waals surface area contributed by atoms with Crippen molar-refractivity contribution in [1.82, 2.24) is 4.57 Å². The second-order valence-corrected chi connectivity index (χ2v) is 5.59. The highest BCUT2D eigenvalue weighted by Gasteiger charge is 2.17. The number of aryl methyl sites for hydroxylation is 1. The molecular formula is C17H24N2O3. The number of nitrogens with two attached hydrogens (primary N) is 1. The van der Waals surface area contributed by atoms with E-state index >= 15 is 0 Å². The van der Waals surface area contributed by atoms with Gasteiger partial charge in [-0.25, -0.2) is 0 Å². The molecule has 1 unspecified atom stereocenters. The zero-order chi connectivity index (χ0) is 16.3. The molecule has 1 aromatic heterocycles. The molecule has 5 heteroatoms. The highest BCUT2D eigenvalue weighted by Crippen LogP contribution is 2.33. The standard InChI is InChI=1S/C17H24N2O3/c1-3-5-11(8-9-18)12-6-7-13-14(10-12)19(4-2)17(22)16(21)15(13)20/h6-7,10-11,20-21H,3-5,8-9,18H2,1-2H3. The van der Waals surface area contributed by atoms with E-state index in [9.17, 15) is 15.0 Å². The zero-order valence-corrected chi connectivity index (χ0v) is 13.2. The van der Waals surface area contributed by atoms with Crippen molar-refractivity contribution in [3.05, 3.63) is 34.1 Å². The van der Waals surface area contributed by atoms with Gasteiger partial charge in [-0.2, -0.15) is 0 Å². The molecule has 0 saturated carbocycles. The second kappa shape index (κ2) is 6.83. The molecular weight excluding hydrogens is 280 g/mol. The van der Waals surface area contributed by atoms with Crippen LogP contribution in [0.4, 0.5) is 0 Å². The Balaban J connectivity index is 2.67. The van der Waals surface area contributed by atoms with Crippen molar-refractivity contribution in [3.8, 4) is 11.5 Å². The van der Waals surface area contributed by atoms with E-state index in [4.69, 9.17) is 5.73 Å². The average molecular weight is 304 g/mol. The summed E-state index contributed by atoms with van der Waals surface area (Å²) in [5.74, 6) is -0.591. The third kappa shape index (κ3) is 2.81. The minimum absolute atomic E-state index is 0.343. The second-order valence-electron chi connectivity index (χ2n) is 5.59. The van der Waals surface area contributed by atoms with Crippen LogP contribution in [-0.2, 0) is 6.54 Å². The van der Waals surface area contributed by atoms with Crippen LogP contribution in [0.25, 0.3) is 10.9 Å². The van der Waals surface area contributed by atoms with Crippen LogP contribution < -0.4 is 11.3 Å². The van der Waals surface area contributed by atoms with Gasteiger partial charge in [0.2, 0.25) is 5.75 Å². The van der Waals surface area contributed by atoms with Crippen LogP contribution in [0.3, 0.4) is 0 Å². The topological polar surface area (TPSA) is 88.5 Å². The Labute approximate surface area is 130 Å². The summed E-state index contributed by atoms with van der Waals surface area (Å²) in [6.07, 6.45) is 2.98. The first-order chi connectivity index (χ1) is 10.5. The summed E-state index contributed by atoms with van der Waals surface area (Å²) in [6, 6.07) is 5.65. The van der Waals surface area contributed by atoms with Gasteiger partial charge in [0.25, 0.3) is 5.56 Å². The van der Waals surface area contributed by atoms with Crippen molar-refractivity contribution in [3.63, 3.8) is 0 Å². The Kier molecular flexibility index (Phi) is 5.08. The molecule has 0 aliphatic rings. The molecule has 0 bridgehead atoms. The summed E-state index contributed by atoms with van der Waals surface area (Å²) in [4.78, 5) is 12.1. The van der Waals surface area contributed by atoms with Gasteiger partial charge in [-0.1, -0.05) is 19.4 Å². The molecule has 5 nitrogen and oxygen atoms in total. The van der Waals surface area contributed by atoms with Gasteiger partial charge in [-0.05, 0) is 49.9 Å². The van der Waals surface area contributed by atoms with Gasteiger partial charge in [0, 0.05) is 11.9 Å². The Morgan fingerprint density at radius 2 is 1.91 bits per heavy atom. The first-order valence-corrected chi connectivity index (χ1v) is 7.83. The predicted molar refractivity (Wildman–Crippen MR) is 88.5 cm³/mol. The molecule has 2 aromatic rings. The van der Waals surface area contributed by atoms with E-state index < -0.39 is 11.3 Å². The van der Waals surface area contributed by atoms with Crippen molar-refractivity contribution < 1.29 is 10.2 Å². The van der Waals surface area contributed by atoms with Gasteiger partial charge in [0.05, 0.1) is 5.52 Å². The first kappa shape index (κ1) is 16.4. The molecule has 0 fully saturated rings. The molecule has 2 rings (SSSR count). The van der Waals surface area contributed by atoms with E-state index in [1.165, 1.54) is 4.57 Å². The van der Waals surface area contributed by atoms with Gasteiger partial charge < -0.3 is 20.5 Å². The highest BCUT2D eigenvalue weighted by atomic mass is 16.3. The van der Waals surface area contributed by atoms with Gasteiger partial charge >= 0.3 is 0 Å². The minimum Gasteiger partial charge on any atom is -0.504 e. The fourth-order valence-corrected chi connectivity index (χ4v) is 3.03. The number of nitrogens with zero attached hydrogens (tertiary/aromatic N) is 1. The maximum absolute atomic E-state index is 12.1. The summed E-state index contributed by atoms with van der Waals surface area (Å²) in [5, 5.41) is 20.3. The molecule has 1 aromatic carbocycles. The molecule has 0 radical (unpaired) electrons. The molecule has 120 valence electrons. The van der Waals surface area contributed by atoms with E-state index in [0.717, 1.165) is 24.8 Å². The van der Waals surface area contributed by atoms with E-state index in [1.807, 2.05) is 19.1 Å². The van der Waals surface area contributed by atoms with Gasteiger partial charge in [-0.3, -0.25) is 4.79 Å². The molecule has 0 aliphatic heterocycles. The Morgan fingerprint density at radius 1 is 1.18 bits per heavy atom. The average Bonchev–Trinajstić information content (AvgIpc) is 2.52. The van der Waals surface area contributed by atoms with Crippen LogP contribution in [-0.4, -0.2) is 21.3 Å². The van der Waals surface area contributed by atoms with Gasteiger partial charge in [-0.15, -0.1) is 0 Å². The maximum Gasteiger partial charge on any atom is 0.297 e. The lowest BCUT2D eigenvalue weighted by Gasteiger charge is -2.18. The molecule has 0 aliphatic carbocycles. The Hall–Kier alpha value is -2.01. The number of fused-ring (bicyclic) bond motifs is 1. The number of aromatic nitrogens is 1. The molecule has 4 N–H and O–H groups in total. The monoisotopic (exact) mass is 304 g/mol. The van der Waals surface area contributed by atoms with Crippen LogP contribution in [0.2, 0.25) is 0 Å². The molecule has 0 spiro atoms. The van der Waals surface area contributed by atoms with E-state index in [0.29, 0.717) is 29.9 Å². The fraction of sp³-hybridized carbons (Fsp3) is 0.471. The quantitative estimate of drug-likeness (QED) is 0.765. The normalized spacial score (nSPS) is 12.7. The SMILES string of the molecule is CCCC(CCN)c1ccc2c(O)c(O)c(=O)n(CC)c2c1. The summed E-state index contributed by atoms with van der Waals surface area (Å²) in [7, 11) is 0. The van der Waals surface area contributed by atoms with Crippen molar-refractivity contribution in [2.75, 3.05) is 6.54 Å². The largest absolute Gasteiger partial charge is 0.504 e. The van der Waals surface area contributed by atoms with E-state index in [1.54, 1.807) is 6.07 Å². The number of benzene rings is 1. The molecule has 1 heterocycles. The first-order valence-electron chi connectivity index (χ1n) is 7.83. The van der Waals surface area contributed by atoms with Crippen molar-refractivity contribution in [1.29, 1.82) is 0 Å². The van der Waals surface area contributed by atoms with Crippen LogP contribution in [0.1, 0.15) is 44.6 Å². The van der Waals surface area contributed by atoms with Crippen molar-refractivity contribution >= 4 is 10.9 Å². The number of hydrogen-bond donors (Lipinski definition) is 3. The lowest BCUT2D eigenvalue weighted by atomic mass is 9.90. The summed E-state index contributed by atoms with van der Waals surface area (Å²) >= 11 is 0. The van der Waals surface area contributed by atoms with Crippen molar-refractivity contribution in [2.45, 2.75) is 45.6 Å². The molecule has 0 amide bonds. The maximum atomic E-state index is 12.1. The smallest absolute Gasteiger partial charge is 0.297 e. The molecule has 0 saturated heterocycles. The summed E-state index contributed by atoms with van der Waals surface area (Å²) in [6.45, 7) is 5.02. The highest BCUT2D eigenvalue weighted by molar-refractivity contribution is 5.88. The molecule has 22 heavy (non-hydrogen) atoms. The van der Waals surface area contributed by atoms with Crippen LogP contribution >= 0.6 is 0 Å². The lowest BCUT2D eigenvalue weighted by Crippen LogP contribution is -2.19.